The van der Waals surface area contributed by atoms with E-state index in [2.05, 4.69) is 62.3 Å². The van der Waals surface area contributed by atoms with E-state index in [1.807, 2.05) is 17.5 Å². The summed E-state index contributed by atoms with van der Waals surface area (Å²) in [6.07, 6.45) is 0. The van der Waals surface area contributed by atoms with Crippen LogP contribution in [-0.4, -0.2) is 20.0 Å². The van der Waals surface area contributed by atoms with Crippen molar-refractivity contribution in [2.24, 2.45) is 0 Å². The smallest absolute Gasteiger partial charge is 0.165 e. The maximum absolute atomic E-state index is 6.39. The van der Waals surface area contributed by atoms with E-state index in [-0.39, 0.29) is 0 Å². The number of rotatable bonds is 3. The van der Waals surface area contributed by atoms with Crippen LogP contribution in [0.15, 0.2) is 41.8 Å². The standard InChI is InChI=1S/C21H21N5S/c1-12-8-9-16(14(3)10-12)17-11-27-21(23-17)19-20(22)26(25-24-19)18-7-5-6-13(2)15(18)4/h5-11H,22H2,1-4H3. The van der Waals surface area contributed by atoms with Crippen LogP contribution in [0.2, 0.25) is 0 Å². The number of hydrogen-bond donors (Lipinski definition) is 1. The molecular formula is C21H21N5S. The Bertz CT molecular complexity index is 1140. The van der Waals surface area contributed by atoms with E-state index in [1.54, 1.807) is 4.68 Å². The van der Waals surface area contributed by atoms with Gasteiger partial charge in [0.2, 0.25) is 0 Å². The van der Waals surface area contributed by atoms with Crippen LogP contribution in [0.3, 0.4) is 0 Å². The van der Waals surface area contributed by atoms with Gasteiger partial charge in [-0.15, -0.1) is 16.4 Å². The molecule has 2 aromatic heterocycles. The SMILES string of the molecule is Cc1ccc(-c2csc(-c3nnn(-c4cccc(C)c4C)c3N)n2)c(C)c1. The second kappa shape index (κ2) is 6.63. The summed E-state index contributed by atoms with van der Waals surface area (Å²) in [5.41, 5.74) is 14.8. The molecule has 0 aliphatic carbocycles. The first-order chi connectivity index (χ1) is 13.0. The highest BCUT2D eigenvalue weighted by atomic mass is 32.1. The number of aromatic nitrogens is 4. The molecule has 0 atom stereocenters. The van der Waals surface area contributed by atoms with Crippen molar-refractivity contribution in [1.29, 1.82) is 0 Å². The van der Waals surface area contributed by atoms with Gasteiger partial charge in [0.05, 0.1) is 11.4 Å². The third-order valence-corrected chi connectivity index (χ3v) is 5.72. The van der Waals surface area contributed by atoms with E-state index in [4.69, 9.17) is 10.7 Å². The van der Waals surface area contributed by atoms with Gasteiger partial charge in [-0.05, 0) is 50.5 Å². The molecular weight excluding hydrogens is 354 g/mol. The molecule has 136 valence electrons. The number of thiazole rings is 1. The summed E-state index contributed by atoms with van der Waals surface area (Å²) in [5, 5.41) is 11.4. The molecule has 0 aliphatic heterocycles. The van der Waals surface area contributed by atoms with E-state index in [9.17, 15) is 0 Å². The molecule has 4 rings (SSSR count). The second-order valence-corrected chi connectivity index (χ2v) is 7.67. The molecule has 2 heterocycles. The van der Waals surface area contributed by atoms with Gasteiger partial charge in [0.25, 0.3) is 0 Å². The van der Waals surface area contributed by atoms with Crippen molar-refractivity contribution in [2.45, 2.75) is 27.7 Å². The summed E-state index contributed by atoms with van der Waals surface area (Å²) in [7, 11) is 0. The number of nitrogens with zero attached hydrogens (tertiary/aromatic N) is 4. The van der Waals surface area contributed by atoms with Crippen molar-refractivity contribution in [3.8, 4) is 27.6 Å². The minimum absolute atomic E-state index is 0.505. The lowest BCUT2D eigenvalue weighted by molar-refractivity contribution is 0.804. The molecule has 2 aromatic carbocycles. The fourth-order valence-electron chi connectivity index (χ4n) is 3.19. The fourth-order valence-corrected chi connectivity index (χ4v) is 4.00. The van der Waals surface area contributed by atoms with Crippen molar-refractivity contribution < 1.29 is 0 Å². The van der Waals surface area contributed by atoms with Gasteiger partial charge in [0.15, 0.2) is 11.5 Å². The molecule has 0 saturated heterocycles. The second-order valence-electron chi connectivity index (χ2n) is 6.81. The molecule has 0 radical (unpaired) electrons. The van der Waals surface area contributed by atoms with Crippen LogP contribution in [-0.2, 0) is 0 Å². The van der Waals surface area contributed by atoms with Crippen LogP contribution in [0.5, 0.6) is 0 Å². The van der Waals surface area contributed by atoms with Gasteiger partial charge >= 0.3 is 0 Å². The Morgan fingerprint density at radius 1 is 1.00 bits per heavy atom. The number of nitrogens with two attached hydrogens (primary N) is 1. The molecule has 0 aliphatic rings. The van der Waals surface area contributed by atoms with Crippen LogP contribution in [0.4, 0.5) is 5.82 Å². The lowest BCUT2D eigenvalue weighted by Gasteiger charge is -2.09. The zero-order valence-electron chi connectivity index (χ0n) is 15.8. The topological polar surface area (TPSA) is 69.6 Å². The first-order valence-electron chi connectivity index (χ1n) is 8.77. The summed E-state index contributed by atoms with van der Waals surface area (Å²) < 4.78 is 1.69. The number of hydrogen-bond acceptors (Lipinski definition) is 5. The molecule has 27 heavy (non-hydrogen) atoms. The molecule has 0 unspecified atom stereocenters. The van der Waals surface area contributed by atoms with E-state index >= 15 is 0 Å². The fraction of sp³-hybridized carbons (Fsp3) is 0.190. The monoisotopic (exact) mass is 375 g/mol. The Kier molecular flexibility index (Phi) is 4.28. The van der Waals surface area contributed by atoms with Crippen molar-refractivity contribution >= 4 is 17.2 Å². The van der Waals surface area contributed by atoms with Crippen molar-refractivity contribution in [1.82, 2.24) is 20.0 Å². The highest BCUT2D eigenvalue weighted by molar-refractivity contribution is 7.13. The zero-order valence-corrected chi connectivity index (χ0v) is 16.6. The minimum atomic E-state index is 0.505. The van der Waals surface area contributed by atoms with E-state index in [0.29, 0.717) is 11.5 Å². The molecule has 0 saturated carbocycles. The lowest BCUT2D eigenvalue weighted by Crippen LogP contribution is -2.05. The Morgan fingerprint density at radius 2 is 1.81 bits per heavy atom. The molecule has 0 fully saturated rings. The van der Waals surface area contributed by atoms with Gasteiger partial charge in [0, 0.05) is 10.9 Å². The number of benzene rings is 2. The predicted molar refractivity (Wildman–Crippen MR) is 111 cm³/mol. The third kappa shape index (κ3) is 3.02. The first kappa shape index (κ1) is 17.4. The molecule has 5 nitrogen and oxygen atoms in total. The summed E-state index contributed by atoms with van der Waals surface area (Å²) in [4.78, 5) is 4.77. The van der Waals surface area contributed by atoms with Crippen LogP contribution in [0, 0.1) is 27.7 Å². The van der Waals surface area contributed by atoms with Gasteiger partial charge < -0.3 is 5.73 Å². The normalized spacial score (nSPS) is 11.1. The Labute approximate surface area is 162 Å². The average molecular weight is 376 g/mol. The largest absolute Gasteiger partial charge is 0.382 e. The van der Waals surface area contributed by atoms with Crippen LogP contribution < -0.4 is 5.73 Å². The first-order valence-corrected chi connectivity index (χ1v) is 9.65. The number of nitrogen functional groups attached to an aromatic ring is 1. The highest BCUT2D eigenvalue weighted by Gasteiger charge is 2.18. The molecule has 4 aromatic rings. The van der Waals surface area contributed by atoms with E-state index in [0.717, 1.165) is 27.5 Å². The molecule has 0 bridgehead atoms. The third-order valence-electron chi connectivity index (χ3n) is 4.87. The van der Waals surface area contributed by atoms with Crippen molar-refractivity contribution in [3.63, 3.8) is 0 Å². The zero-order chi connectivity index (χ0) is 19.1. The summed E-state index contributed by atoms with van der Waals surface area (Å²) in [6, 6.07) is 12.5. The van der Waals surface area contributed by atoms with Gasteiger partial charge in [-0.25, -0.2) is 4.98 Å². The summed E-state index contributed by atoms with van der Waals surface area (Å²) in [5.74, 6) is 0.505. The van der Waals surface area contributed by atoms with Crippen LogP contribution in [0.1, 0.15) is 22.3 Å². The van der Waals surface area contributed by atoms with Gasteiger partial charge in [-0.2, -0.15) is 4.68 Å². The highest BCUT2D eigenvalue weighted by Crippen LogP contribution is 2.33. The van der Waals surface area contributed by atoms with E-state index in [1.165, 1.54) is 28.0 Å². The quantitative estimate of drug-likeness (QED) is 0.554. The van der Waals surface area contributed by atoms with E-state index < -0.39 is 0 Å². The summed E-state index contributed by atoms with van der Waals surface area (Å²) >= 11 is 1.53. The summed E-state index contributed by atoms with van der Waals surface area (Å²) in [6.45, 7) is 8.33. The minimum Gasteiger partial charge on any atom is -0.382 e. The van der Waals surface area contributed by atoms with Gasteiger partial charge in [-0.3, -0.25) is 0 Å². The number of aryl methyl sites for hydroxylation is 3. The maximum Gasteiger partial charge on any atom is 0.165 e. The van der Waals surface area contributed by atoms with Gasteiger partial charge in [-0.1, -0.05) is 41.1 Å². The van der Waals surface area contributed by atoms with Crippen LogP contribution >= 0.6 is 11.3 Å². The number of anilines is 1. The molecule has 2 N–H and O–H groups in total. The molecule has 0 spiro atoms. The van der Waals surface area contributed by atoms with Gasteiger partial charge in [0.1, 0.15) is 5.01 Å². The van der Waals surface area contributed by atoms with Crippen molar-refractivity contribution in [3.05, 3.63) is 64.0 Å². The molecule has 6 heteroatoms. The average Bonchev–Trinajstić information content (AvgIpc) is 3.24. The lowest BCUT2D eigenvalue weighted by atomic mass is 10.0. The Morgan fingerprint density at radius 3 is 2.59 bits per heavy atom. The Balaban J connectivity index is 1.75. The van der Waals surface area contributed by atoms with Crippen LogP contribution in [0.25, 0.3) is 27.6 Å². The maximum atomic E-state index is 6.39. The Hall–Kier alpha value is -2.99. The molecule has 0 amide bonds. The predicted octanol–water partition coefficient (Wildman–Crippen LogP) is 4.87. The van der Waals surface area contributed by atoms with Crippen molar-refractivity contribution in [2.75, 3.05) is 5.73 Å².